The van der Waals surface area contributed by atoms with Gasteiger partial charge in [0.1, 0.15) is 5.82 Å². The van der Waals surface area contributed by atoms with Crippen molar-refractivity contribution in [2.24, 2.45) is 13.0 Å². The minimum Gasteiger partial charge on any atom is -0.337 e. The first-order valence-electron chi connectivity index (χ1n) is 6.07. The van der Waals surface area contributed by atoms with E-state index < -0.39 is 0 Å². The molecule has 2 aromatic heterocycles. The normalized spacial score (nSPS) is 17.2. The van der Waals surface area contributed by atoms with Gasteiger partial charge in [-0.3, -0.25) is 0 Å². The molecule has 1 unspecified atom stereocenters. The lowest BCUT2D eigenvalue weighted by Crippen LogP contribution is -2.23. The van der Waals surface area contributed by atoms with Gasteiger partial charge >= 0.3 is 0 Å². The molecule has 0 radical (unpaired) electrons. The van der Waals surface area contributed by atoms with Crippen LogP contribution in [0.4, 0.5) is 0 Å². The third kappa shape index (κ3) is 2.42. The van der Waals surface area contributed by atoms with Gasteiger partial charge in [0.2, 0.25) is 0 Å². The summed E-state index contributed by atoms with van der Waals surface area (Å²) in [6.45, 7) is 0.850. The van der Waals surface area contributed by atoms with E-state index in [2.05, 4.69) is 32.4 Å². The summed E-state index contributed by atoms with van der Waals surface area (Å²) in [6.07, 6.45) is 6.56. The van der Waals surface area contributed by atoms with Crippen LogP contribution in [0, 0.1) is 5.92 Å². The summed E-state index contributed by atoms with van der Waals surface area (Å²) in [6, 6.07) is 4.89. The van der Waals surface area contributed by atoms with Crippen LogP contribution in [-0.4, -0.2) is 9.55 Å². The number of hydrogen-bond acceptors (Lipinski definition) is 3. The maximum Gasteiger partial charge on any atom is 0.122 e. The van der Waals surface area contributed by atoms with Gasteiger partial charge in [-0.15, -0.1) is 11.3 Å². The number of imidazole rings is 1. The Morgan fingerprint density at radius 2 is 2.47 bits per heavy atom. The Bertz CT molecular complexity index is 471. The molecule has 0 spiro atoms. The third-order valence-corrected chi connectivity index (χ3v) is 4.30. The summed E-state index contributed by atoms with van der Waals surface area (Å²) in [7, 11) is 2.04. The smallest absolute Gasteiger partial charge is 0.122 e. The average molecular weight is 247 g/mol. The fraction of sp³-hybridized carbons (Fsp3) is 0.462. The van der Waals surface area contributed by atoms with Crippen LogP contribution in [-0.2, 0) is 13.6 Å². The molecule has 1 aliphatic carbocycles. The van der Waals surface area contributed by atoms with Gasteiger partial charge in [-0.2, -0.15) is 0 Å². The predicted molar refractivity (Wildman–Crippen MR) is 69.8 cm³/mol. The molecule has 4 heteroatoms. The first kappa shape index (κ1) is 11.0. The largest absolute Gasteiger partial charge is 0.337 e. The van der Waals surface area contributed by atoms with Gasteiger partial charge in [0.05, 0.1) is 6.54 Å². The Morgan fingerprint density at radius 1 is 1.59 bits per heavy atom. The number of nitrogens with one attached hydrogen (secondary N) is 1. The molecule has 2 aromatic rings. The van der Waals surface area contributed by atoms with E-state index >= 15 is 0 Å². The molecule has 0 bridgehead atoms. The van der Waals surface area contributed by atoms with Crippen molar-refractivity contribution in [2.45, 2.75) is 25.4 Å². The molecular weight excluding hydrogens is 230 g/mol. The molecular formula is C13H17N3S. The molecule has 1 aliphatic rings. The lowest BCUT2D eigenvalue weighted by atomic mass is 10.1. The van der Waals surface area contributed by atoms with Crippen molar-refractivity contribution in [1.82, 2.24) is 14.9 Å². The number of hydrogen-bond donors (Lipinski definition) is 1. The standard InChI is InChI=1S/C13H17N3S/c1-16-7-6-14-12(16)9-15-13(10-4-5-10)11-3-2-8-17-11/h2-3,6-8,10,13,15H,4-5,9H2,1H3. The second-order valence-electron chi connectivity index (χ2n) is 4.67. The summed E-state index contributed by atoms with van der Waals surface area (Å²) in [5, 5.41) is 5.81. The van der Waals surface area contributed by atoms with Crippen LogP contribution in [0.5, 0.6) is 0 Å². The maximum absolute atomic E-state index is 4.35. The molecule has 2 heterocycles. The van der Waals surface area contributed by atoms with Crippen LogP contribution >= 0.6 is 11.3 Å². The number of thiophene rings is 1. The fourth-order valence-electron chi connectivity index (χ4n) is 2.17. The van der Waals surface area contributed by atoms with E-state index in [4.69, 9.17) is 0 Å². The summed E-state index contributed by atoms with van der Waals surface area (Å²) >= 11 is 1.85. The Kier molecular flexibility index (Phi) is 2.99. The van der Waals surface area contributed by atoms with Crippen molar-refractivity contribution < 1.29 is 0 Å². The minimum absolute atomic E-state index is 0.520. The van der Waals surface area contributed by atoms with Gasteiger partial charge in [-0.25, -0.2) is 4.98 Å². The summed E-state index contributed by atoms with van der Waals surface area (Å²) in [5.41, 5.74) is 0. The van der Waals surface area contributed by atoms with Crippen LogP contribution in [0.2, 0.25) is 0 Å². The Hall–Kier alpha value is -1.13. The summed E-state index contributed by atoms with van der Waals surface area (Å²) in [4.78, 5) is 5.81. The zero-order valence-electron chi connectivity index (χ0n) is 9.97. The maximum atomic E-state index is 4.35. The van der Waals surface area contributed by atoms with Crippen LogP contribution in [0.3, 0.4) is 0 Å². The second kappa shape index (κ2) is 4.63. The molecule has 0 saturated heterocycles. The van der Waals surface area contributed by atoms with Gasteiger partial charge in [0, 0.05) is 30.4 Å². The van der Waals surface area contributed by atoms with Crippen LogP contribution < -0.4 is 5.32 Å². The molecule has 1 atom stereocenters. The number of aromatic nitrogens is 2. The van der Waals surface area contributed by atoms with E-state index in [1.807, 2.05) is 30.8 Å². The van der Waals surface area contributed by atoms with E-state index in [1.54, 1.807) is 0 Å². The lowest BCUT2D eigenvalue weighted by Gasteiger charge is -2.16. The van der Waals surface area contributed by atoms with Gasteiger partial charge in [-0.1, -0.05) is 6.07 Å². The van der Waals surface area contributed by atoms with Crippen molar-refractivity contribution in [3.63, 3.8) is 0 Å². The van der Waals surface area contributed by atoms with Crippen molar-refractivity contribution >= 4 is 11.3 Å². The number of aryl methyl sites for hydroxylation is 1. The molecule has 0 aliphatic heterocycles. The zero-order valence-corrected chi connectivity index (χ0v) is 10.8. The van der Waals surface area contributed by atoms with E-state index in [-0.39, 0.29) is 0 Å². The van der Waals surface area contributed by atoms with E-state index in [9.17, 15) is 0 Å². The van der Waals surface area contributed by atoms with Crippen molar-refractivity contribution in [2.75, 3.05) is 0 Å². The third-order valence-electron chi connectivity index (χ3n) is 3.34. The quantitative estimate of drug-likeness (QED) is 0.880. The topological polar surface area (TPSA) is 29.9 Å². The highest BCUT2D eigenvalue weighted by molar-refractivity contribution is 7.10. The molecule has 1 N–H and O–H groups in total. The lowest BCUT2D eigenvalue weighted by molar-refractivity contribution is 0.474. The number of rotatable bonds is 5. The Labute approximate surface area is 106 Å². The minimum atomic E-state index is 0.520. The first-order chi connectivity index (χ1) is 8.34. The monoisotopic (exact) mass is 247 g/mol. The molecule has 1 saturated carbocycles. The molecule has 90 valence electrons. The molecule has 0 amide bonds. The summed E-state index contributed by atoms with van der Waals surface area (Å²) in [5.74, 6) is 1.93. The second-order valence-corrected chi connectivity index (χ2v) is 5.65. The molecule has 3 nitrogen and oxygen atoms in total. The van der Waals surface area contributed by atoms with Gasteiger partial charge in [-0.05, 0) is 30.2 Å². The highest BCUT2D eigenvalue weighted by atomic mass is 32.1. The van der Waals surface area contributed by atoms with Crippen LogP contribution in [0.15, 0.2) is 29.9 Å². The van der Waals surface area contributed by atoms with Crippen molar-refractivity contribution in [3.8, 4) is 0 Å². The molecule has 0 aromatic carbocycles. The molecule has 1 fully saturated rings. The highest BCUT2D eigenvalue weighted by Gasteiger charge is 2.32. The van der Waals surface area contributed by atoms with E-state index in [0.29, 0.717) is 6.04 Å². The van der Waals surface area contributed by atoms with Crippen LogP contribution in [0.25, 0.3) is 0 Å². The van der Waals surface area contributed by atoms with Gasteiger partial charge in [0.25, 0.3) is 0 Å². The number of nitrogens with zero attached hydrogens (tertiary/aromatic N) is 2. The van der Waals surface area contributed by atoms with Crippen molar-refractivity contribution in [1.29, 1.82) is 0 Å². The van der Waals surface area contributed by atoms with Crippen molar-refractivity contribution in [3.05, 3.63) is 40.6 Å². The fourth-order valence-corrected chi connectivity index (χ4v) is 3.06. The zero-order chi connectivity index (χ0) is 11.7. The van der Waals surface area contributed by atoms with Gasteiger partial charge in [0.15, 0.2) is 0 Å². The Balaban J connectivity index is 1.68. The SMILES string of the molecule is Cn1ccnc1CNC(c1cccs1)C1CC1. The average Bonchev–Trinajstić information content (AvgIpc) is 2.86. The van der Waals surface area contributed by atoms with Crippen LogP contribution in [0.1, 0.15) is 29.6 Å². The Morgan fingerprint density at radius 3 is 3.06 bits per heavy atom. The predicted octanol–water partition coefficient (Wildman–Crippen LogP) is 2.72. The van der Waals surface area contributed by atoms with E-state index in [0.717, 1.165) is 18.3 Å². The highest BCUT2D eigenvalue weighted by Crippen LogP contribution is 2.42. The summed E-state index contributed by atoms with van der Waals surface area (Å²) < 4.78 is 2.07. The molecule has 17 heavy (non-hydrogen) atoms. The van der Waals surface area contributed by atoms with E-state index in [1.165, 1.54) is 17.7 Å². The molecule has 3 rings (SSSR count). The first-order valence-corrected chi connectivity index (χ1v) is 6.95. The van der Waals surface area contributed by atoms with Gasteiger partial charge < -0.3 is 9.88 Å².